The molecule has 1 amide bonds. The molecule has 0 radical (unpaired) electrons. The summed E-state index contributed by atoms with van der Waals surface area (Å²) in [5, 5.41) is 19.9. The van der Waals surface area contributed by atoms with Crippen molar-refractivity contribution in [3.63, 3.8) is 0 Å². The topological polar surface area (TPSA) is 106 Å². The maximum atomic E-state index is 12.2. The normalized spacial score (nSPS) is 12.3. The Kier molecular flexibility index (Phi) is 4.24. The summed E-state index contributed by atoms with van der Waals surface area (Å²) >= 11 is 0. The Morgan fingerprint density at radius 3 is 3.04 bits per heavy atom. The van der Waals surface area contributed by atoms with Gasteiger partial charge in [-0.15, -0.1) is 0 Å². The molecule has 0 aromatic carbocycles. The average Bonchev–Trinajstić information content (AvgIpc) is 3.27. The Bertz CT molecular complexity index is 775. The van der Waals surface area contributed by atoms with Gasteiger partial charge in [-0.2, -0.15) is 5.10 Å². The summed E-state index contributed by atoms with van der Waals surface area (Å²) < 4.78 is 12.0. The first-order valence-corrected chi connectivity index (χ1v) is 7.05. The Morgan fingerprint density at radius 1 is 1.52 bits per heavy atom. The number of nitrogens with zero attached hydrogens (tertiary/aromatic N) is 3. The van der Waals surface area contributed by atoms with Crippen LogP contribution in [0.5, 0.6) is 0 Å². The van der Waals surface area contributed by atoms with E-state index in [9.17, 15) is 9.90 Å². The molecular formula is C15H16N4O4. The monoisotopic (exact) mass is 316 g/mol. The number of hydrogen-bond acceptors (Lipinski definition) is 6. The minimum atomic E-state index is -0.633. The van der Waals surface area contributed by atoms with E-state index in [1.54, 1.807) is 29.1 Å². The standard InChI is InChI=1S/C15H16N4O4/c1-10-6-16-19(7-10)8-11-5-12(18-23-11)15(21)17-13(9-20)14-3-2-4-22-14/h2-7,13,20H,8-9H2,1H3,(H,17,21). The summed E-state index contributed by atoms with van der Waals surface area (Å²) in [6.07, 6.45) is 5.07. The van der Waals surface area contributed by atoms with E-state index >= 15 is 0 Å². The van der Waals surface area contributed by atoms with E-state index in [0.29, 0.717) is 18.1 Å². The number of aromatic nitrogens is 3. The number of carbonyl (C=O) groups excluding carboxylic acids is 1. The van der Waals surface area contributed by atoms with E-state index in [1.165, 1.54) is 6.26 Å². The zero-order valence-corrected chi connectivity index (χ0v) is 12.5. The molecule has 3 heterocycles. The summed E-state index contributed by atoms with van der Waals surface area (Å²) in [6.45, 7) is 2.04. The van der Waals surface area contributed by atoms with Crippen molar-refractivity contribution in [2.24, 2.45) is 0 Å². The van der Waals surface area contributed by atoms with Crippen LogP contribution in [0, 0.1) is 6.92 Å². The van der Waals surface area contributed by atoms with Gasteiger partial charge >= 0.3 is 0 Å². The first-order chi connectivity index (χ1) is 11.2. The lowest BCUT2D eigenvalue weighted by Gasteiger charge is -2.12. The minimum absolute atomic E-state index is 0.133. The van der Waals surface area contributed by atoms with Gasteiger partial charge < -0.3 is 19.4 Å². The van der Waals surface area contributed by atoms with E-state index in [4.69, 9.17) is 8.94 Å². The molecule has 3 aromatic heterocycles. The number of nitrogens with one attached hydrogen (secondary N) is 1. The van der Waals surface area contributed by atoms with Crippen molar-refractivity contribution in [2.75, 3.05) is 6.61 Å². The molecule has 2 N–H and O–H groups in total. The second-order valence-electron chi connectivity index (χ2n) is 5.12. The van der Waals surface area contributed by atoms with Crippen LogP contribution in [0.15, 0.2) is 45.8 Å². The lowest BCUT2D eigenvalue weighted by molar-refractivity contribution is 0.0898. The Morgan fingerprint density at radius 2 is 2.39 bits per heavy atom. The van der Waals surface area contributed by atoms with Gasteiger partial charge in [0.2, 0.25) is 0 Å². The van der Waals surface area contributed by atoms with Gasteiger partial charge in [0, 0.05) is 12.3 Å². The van der Waals surface area contributed by atoms with Crippen molar-refractivity contribution >= 4 is 5.91 Å². The van der Waals surface area contributed by atoms with Gasteiger partial charge in [0.05, 0.1) is 19.1 Å². The van der Waals surface area contributed by atoms with Gasteiger partial charge in [0.15, 0.2) is 11.5 Å². The van der Waals surface area contributed by atoms with E-state index in [0.717, 1.165) is 5.56 Å². The van der Waals surface area contributed by atoms with Crippen molar-refractivity contribution in [3.05, 3.63) is 59.6 Å². The van der Waals surface area contributed by atoms with Crippen LogP contribution < -0.4 is 5.32 Å². The SMILES string of the molecule is Cc1cnn(Cc2cc(C(=O)NC(CO)c3ccco3)no2)c1. The Balaban J connectivity index is 1.66. The van der Waals surface area contributed by atoms with Crippen molar-refractivity contribution < 1.29 is 18.8 Å². The molecule has 0 aliphatic heterocycles. The molecular weight excluding hydrogens is 300 g/mol. The van der Waals surface area contributed by atoms with E-state index < -0.39 is 11.9 Å². The molecule has 0 aliphatic rings. The van der Waals surface area contributed by atoms with Crippen LogP contribution >= 0.6 is 0 Å². The lowest BCUT2D eigenvalue weighted by Crippen LogP contribution is -2.30. The van der Waals surface area contributed by atoms with Crippen molar-refractivity contribution in [1.29, 1.82) is 0 Å². The molecule has 0 aliphatic carbocycles. The van der Waals surface area contributed by atoms with Gasteiger partial charge in [-0.05, 0) is 24.6 Å². The van der Waals surface area contributed by atoms with Gasteiger partial charge in [-0.1, -0.05) is 5.16 Å². The largest absolute Gasteiger partial charge is 0.467 e. The molecule has 1 unspecified atom stereocenters. The highest BCUT2D eigenvalue weighted by atomic mass is 16.5. The smallest absolute Gasteiger partial charge is 0.274 e. The van der Waals surface area contributed by atoms with E-state index in [1.807, 2.05) is 13.1 Å². The zero-order chi connectivity index (χ0) is 16.2. The summed E-state index contributed by atoms with van der Waals surface area (Å²) in [4.78, 5) is 12.2. The average molecular weight is 316 g/mol. The molecule has 0 saturated carbocycles. The fourth-order valence-corrected chi connectivity index (χ4v) is 2.14. The number of carbonyl (C=O) groups is 1. The summed E-state index contributed by atoms with van der Waals surface area (Å²) in [5.41, 5.74) is 1.17. The maximum Gasteiger partial charge on any atom is 0.274 e. The highest BCUT2D eigenvalue weighted by Gasteiger charge is 2.20. The number of furan rings is 1. The first-order valence-electron chi connectivity index (χ1n) is 7.05. The van der Waals surface area contributed by atoms with Crippen molar-refractivity contribution in [1.82, 2.24) is 20.3 Å². The second kappa shape index (κ2) is 6.49. The molecule has 0 saturated heterocycles. The number of aliphatic hydroxyl groups is 1. The summed E-state index contributed by atoms with van der Waals surface area (Å²) in [7, 11) is 0. The Labute approximate surface area is 131 Å². The third kappa shape index (κ3) is 3.49. The zero-order valence-electron chi connectivity index (χ0n) is 12.5. The molecule has 120 valence electrons. The molecule has 23 heavy (non-hydrogen) atoms. The predicted octanol–water partition coefficient (Wildman–Crippen LogP) is 1.28. The van der Waals surface area contributed by atoms with Crippen molar-refractivity contribution in [2.45, 2.75) is 19.5 Å². The van der Waals surface area contributed by atoms with Crippen molar-refractivity contribution in [3.8, 4) is 0 Å². The third-order valence-electron chi connectivity index (χ3n) is 3.25. The second-order valence-corrected chi connectivity index (χ2v) is 5.12. The number of amides is 1. The van der Waals surface area contributed by atoms with Crippen LogP contribution in [0.2, 0.25) is 0 Å². The molecule has 3 rings (SSSR count). The van der Waals surface area contributed by atoms with E-state index in [-0.39, 0.29) is 12.3 Å². The number of aryl methyl sites for hydroxylation is 1. The highest BCUT2D eigenvalue weighted by Crippen LogP contribution is 2.14. The van der Waals surface area contributed by atoms with Crippen LogP contribution in [-0.4, -0.2) is 32.6 Å². The van der Waals surface area contributed by atoms with E-state index in [2.05, 4.69) is 15.6 Å². The fourth-order valence-electron chi connectivity index (χ4n) is 2.14. The predicted molar refractivity (Wildman–Crippen MR) is 78.6 cm³/mol. The van der Waals surface area contributed by atoms with Crippen LogP contribution in [0.25, 0.3) is 0 Å². The number of aliphatic hydroxyl groups excluding tert-OH is 1. The molecule has 8 heteroatoms. The molecule has 3 aromatic rings. The maximum absolute atomic E-state index is 12.2. The van der Waals surface area contributed by atoms with Crippen LogP contribution in [0.1, 0.15) is 33.6 Å². The van der Waals surface area contributed by atoms with Gasteiger partial charge in [0.25, 0.3) is 5.91 Å². The van der Waals surface area contributed by atoms with Gasteiger partial charge in [-0.3, -0.25) is 9.48 Å². The summed E-state index contributed by atoms with van der Waals surface area (Å²) in [6, 6.07) is 4.27. The molecule has 1 atom stereocenters. The number of rotatable bonds is 6. The molecule has 0 bridgehead atoms. The molecule has 0 spiro atoms. The third-order valence-corrected chi connectivity index (χ3v) is 3.25. The van der Waals surface area contributed by atoms with Crippen LogP contribution in [0.3, 0.4) is 0 Å². The molecule has 0 fully saturated rings. The van der Waals surface area contributed by atoms with Gasteiger partial charge in [0.1, 0.15) is 18.3 Å². The quantitative estimate of drug-likeness (QED) is 0.709. The van der Waals surface area contributed by atoms with Gasteiger partial charge in [-0.25, -0.2) is 0 Å². The number of hydrogen-bond donors (Lipinski definition) is 2. The van der Waals surface area contributed by atoms with Crippen LogP contribution in [-0.2, 0) is 6.54 Å². The lowest BCUT2D eigenvalue weighted by atomic mass is 10.2. The Hall–Kier alpha value is -2.87. The first kappa shape index (κ1) is 15.0. The summed E-state index contributed by atoms with van der Waals surface area (Å²) in [5.74, 6) is 0.528. The minimum Gasteiger partial charge on any atom is -0.467 e. The molecule has 8 nitrogen and oxygen atoms in total. The fraction of sp³-hybridized carbons (Fsp3) is 0.267. The van der Waals surface area contributed by atoms with Crippen LogP contribution in [0.4, 0.5) is 0 Å². The highest BCUT2D eigenvalue weighted by molar-refractivity contribution is 5.92.